The van der Waals surface area contributed by atoms with E-state index in [1.165, 1.54) is 37.3 Å². The number of nitrogens with two attached hydrogens (primary N) is 1. The molecule has 1 saturated carbocycles. The fraction of sp³-hybridized carbons (Fsp3) is 1.00. The summed E-state index contributed by atoms with van der Waals surface area (Å²) in [4.78, 5) is 2.72. The minimum absolute atomic E-state index is 0.334. The molecule has 3 heteroatoms. The van der Waals surface area contributed by atoms with Crippen molar-refractivity contribution < 1.29 is 0 Å². The van der Waals surface area contributed by atoms with Crippen molar-refractivity contribution in [2.45, 2.75) is 44.7 Å². The molecule has 2 rings (SSSR count). The zero-order valence-electron chi connectivity index (χ0n) is 10.0. The first kappa shape index (κ1) is 11.7. The number of rotatable bonds is 4. The highest BCUT2D eigenvalue weighted by atomic mass is 32.2. The van der Waals surface area contributed by atoms with Crippen molar-refractivity contribution in [2.24, 2.45) is 11.7 Å². The van der Waals surface area contributed by atoms with Gasteiger partial charge in [0.1, 0.15) is 0 Å². The molecule has 2 nitrogen and oxygen atoms in total. The zero-order chi connectivity index (χ0) is 10.9. The summed E-state index contributed by atoms with van der Waals surface area (Å²) in [6.45, 7) is 6.78. The molecule has 1 aliphatic heterocycles. The molecule has 0 spiro atoms. The molecule has 1 saturated heterocycles. The van der Waals surface area contributed by atoms with Crippen LogP contribution in [-0.4, -0.2) is 41.1 Å². The predicted octanol–water partition coefficient (Wildman–Crippen LogP) is 1.94. The summed E-state index contributed by atoms with van der Waals surface area (Å²) >= 11 is 2.09. The van der Waals surface area contributed by atoms with E-state index in [1.807, 2.05) is 0 Å². The highest BCUT2D eigenvalue weighted by Crippen LogP contribution is 2.46. The van der Waals surface area contributed by atoms with Crippen molar-refractivity contribution >= 4 is 11.8 Å². The maximum Gasteiger partial charge on any atom is 0.0360 e. The van der Waals surface area contributed by atoms with E-state index >= 15 is 0 Å². The van der Waals surface area contributed by atoms with E-state index < -0.39 is 0 Å². The Hall–Kier alpha value is 0.270. The van der Waals surface area contributed by atoms with Gasteiger partial charge in [0.2, 0.25) is 0 Å². The van der Waals surface area contributed by atoms with Crippen LogP contribution in [0.1, 0.15) is 33.1 Å². The Bertz CT molecular complexity index is 212. The maximum atomic E-state index is 6.10. The summed E-state index contributed by atoms with van der Waals surface area (Å²) in [5.74, 6) is 3.46. The molecule has 2 atom stereocenters. The van der Waals surface area contributed by atoms with Crippen LogP contribution in [-0.2, 0) is 0 Å². The van der Waals surface area contributed by atoms with Gasteiger partial charge in [-0.15, -0.1) is 0 Å². The maximum absolute atomic E-state index is 6.10. The molecule has 0 amide bonds. The third-order valence-electron chi connectivity index (χ3n) is 4.24. The first-order chi connectivity index (χ1) is 7.24. The zero-order valence-corrected chi connectivity index (χ0v) is 10.9. The summed E-state index contributed by atoms with van der Waals surface area (Å²) in [5, 5.41) is 0. The second-order valence-corrected chi connectivity index (χ2v) is 6.20. The lowest BCUT2D eigenvalue weighted by atomic mass is 9.86. The highest BCUT2D eigenvalue weighted by Gasteiger charge is 2.48. The largest absolute Gasteiger partial charge is 0.329 e. The normalized spacial score (nSPS) is 32.6. The van der Waals surface area contributed by atoms with Gasteiger partial charge >= 0.3 is 0 Å². The molecule has 2 unspecified atom stereocenters. The average molecular weight is 228 g/mol. The lowest BCUT2D eigenvalue weighted by molar-refractivity contribution is 0.0440. The van der Waals surface area contributed by atoms with Gasteiger partial charge in [-0.2, -0.15) is 11.8 Å². The quantitative estimate of drug-likeness (QED) is 0.797. The molecule has 2 fully saturated rings. The Balaban J connectivity index is 2.14. The minimum atomic E-state index is 0.334. The molecule has 0 aromatic rings. The van der Waals surface area contributed by atoms with E-state index in [2.05, 4.69) is 30.5 Å². The Morgan fingerprint density at radius 1 is 1.47 bits per heavy atom. The van der Waals surface area contributed by atoms with Gasteiger partial charge in [-0.05, 0) is 32.1 Å². The number of nitrogens with zero attached hydrogens (tertiary/aromatic N) is 1. The Morgan fingerprint density at radius 2 is 2.20 bits per heavy atom. The van der Waals surface area contributed by atoms with Crippen LogP contribution in [0.25, 0.3) is 0 Å². The lowest BCUT2D eigenvalue weighted by Gasteiger charge is -2.49. The van der Waals surface area contributed by atoms with Crippen LogP contribution in [0.15, 0.2) is 0 Å². The molecule has 0 radical (unpaired) electrons. The summed E-state index contributed by atoms with van der Waals surface area (Å²) < 4.78 is 0. The number of hydrogen-bond donors (Lipinski definition) is 1. The van der Waals surface area contributed by atoms with Gasteiger partial charge in [0.15, 0.2) is 0 Å². The Morgan fingerprint density at radius 3 is 2.67 bits per heavy atom. The average Bonchev–Trinajstić information content (AvgIpc) is 3.07. The molecule has 0 aromatic carbocycles. The van der Waals surface area contributed by atoms with Crippen LogP contribution in [0.2, 0.25) is 0 Å². The molecular weight excluding hydrogens is 204 g/mol. The van der Waals surface area contributed by atoms with Crippen LogP contribution in [0, 0.1) is 5.92 Å². The van der Waals surface area contributed by atoms with Crippen LogP contribution in [0.4, 0.5) is 0 Å². The van der Waals surface area contributed by atoms with Crippen molar-refractivity contribution in [1.82, 2.24) is 4.90 Å². The third-order valence-corrected chi connectivity index (χ3v) is 5.43. The number of hydrogen-bond acceptors (Lipinski definition) is 3. The first-order valence-electron chi connectivity index (χ1n) is 6.29. The van der Waals surface area contributed by atoms with E-state index in [-0.39, 0.29) is 0 Å². The predicted molar refractivity (Wildman–Crippen MR) is 68.3 cm³/mol. The van der Waals surface area contributed by atoms with E-state index in [0.717, 1.165) is 12.5 Å². The van der Waals surface area contributed by atoms with Crippen molar-refractivity contribution in [2.75, 3.05) is 24.6 Å². The van der Waals surface area contributed by atoms with Gasteiger partial charge in [0.25, 0.3) is 0 Å². The highest BCUT2D eigenvalue weighted by molar-refractivity contribution is 7.99. The summed E-state index contributed by atoms with van der Waals surface area (Å²) in [6, 6.07) is 0.716. The smallest absolute Gasteiger partial charge is 0.0360 e. The van der Waals surface area contributed by atoms with Crippen LogP contribution in [0.5, 0.6) is 0 Å². The Labute approximate surface area is 98.0 Å². The fourth-order valence-corrected chi connectivity index (χ4v) is 4.18. The van der Waals surface area contributed by atoms with Crippen molar-refractivity contribution in [3.05, 3.63) is 0 Å². The van der Waals surface area contributed by atoms with E-state index in [4.69, 9.17) is 5.73 Å². The molecule has 1 aliphatic carbocycles. The first-order valence-corrected chi connectivity index (χ1v) is 7.44. The van der Waals surface area contributed by atoms with E-state index in [9.17, 15) is 0 Å². The lowest BCUT2D eigenvalue weighted by Crippen LogP contribution is -2.60. The van der Waals surface area contributed by atoms with Gasteiger partial charge in [-0.3, -0.25) is 4.90 Å². The standard InChI is InChI=1S/C12H24N2S/c1-3-12(9-13,11-4-5-11)14-6-7-15-8-10(14)2/h10-11H,3-9,13H2,1-2H3. The van der Waals surface area contributed by atoms with Gasteiger partial charge in [0, 0.05) is 36.2 Å². The second-order valence-electron chi connectivity index (χ2n) is 5.05. The van der Waals surface area contributed by atoms with Crippen LogP contribution >= 0.6 is 11.8 Å². The minimum Gasteiger partial charge on any atom is -0.329 e. The fourth-order valence-electron chi connectivity index (χ4n) is 3.16. The van der Waals surface area contributed by atoms with Crippen LogP contribution in [0.3, 0.4) is 0 Å². The van der Waals surface area contributed by atoms with Crippen molar-refractivity contribution in [3.63, 3.8) is 0 Å². The number of thioether (sulfide) groups is 1. The van der Waals surface area contributed by atoms with Crippen LogP contribution < -0.4 is 5.73 Å². The topological polar surface area (TPSA) is 29.3 Å². The van der Waals surface area contributed by atoms with E-state index in [0.29, 0.717) is 11.6 Å². The van der Waals surface area contributed by atoms with Gasteiger partial charge in [-0.1, -0.05) is 6.92 Å². The molecule has 0 aromatic heterocycles. The van der Waals surface area contributed by atoms with E-state index in [1.54, 1.807) is 0 Å². The molecule has 88 valence electrons. The second kappa shape index (κ2) is 4.64. The molecule has 2 N–H and O–H groups in total. The third kappa shape index (κ3) is 2.06. The van der Waals surface area contributed by atoms with Crippen molar-refractivity contribution in [1.29, 1.82) is 0 Å². The van der Waals surface area contributed by atoms with Gasteiger partial charge < -0.3 is 5.73 Å². The molecular formula is C12H24N2S. The molecule has 15 heavy (non-hydrogen) atoms. The SMILES string of the molecule is CCC(CN)(C1CC1)N1CCSCC1C. The van der Waals surface area contributed by atoms with Crippen molar-refractivity contribution in [3.8, 4) is 0 Å². The monoisotopic (exact) mass is 228 g/mol. The van der Waals surface area contributed by atoms with Gasteiger partial charge in [-0.25, -0.2) is 0 Å². The summed E-state index contributed by atoms with van der Waals surface area (Å²) in [5.41, 5.74) is 6.44. The summed E-state index contributed by atoms with van der Waals surface area (Å²) in [6.07, 6.45) is 4.03. The molecule has 0 bridgehead atoms. The van der Waals surface area contributed by atoms with Gasteiger partial charge in [0.05, 0.1) is 0 Å². The molecule has 2 aliphatic rings. The molecule has 1 heterocycles. The Kier molecular flexibility index (Phi) is 3.63. The summed E-state index contributed by atoms with van der Waals surface area (Å²) in [7, 11) is 0.